The third-order valence-corrected chi connectivity index (χ3v) is 5.53. The van der Waals surface area contributed by atoms with Gasteiger partial charge in [-0.05, 0) is 25.3 Å². The Morgan fingerprint density at radius 1 is 1.32 bits per heavy atom. The Kier molecular flexibility index (Phi) is 6.61. The van der Waals surface area contributed by atoms with Crippen molar-refractivity contribution in [2.45, 2.75) is 39.0 Å². The van der Waals surface area contributed by atoms with Crippen molar-refractivity contribution < 1.29 is 4.74 Å². The van der Waals surface area contributed by atoms with Crippen molar-refractivity contribution >= 4 is 5.96 Å². The molecule has 1 aromatic carbocycles. The fourth-order valence-corrected chi connectivity index (χ4v) is 3.56. The Morgan fingerprint density at radius 2 is 2.16 bits per heavy atom. The first kappa shape index (κ1) is 21.0. The van der Waals surface area contributed by atoms with Gasteiger partial charge in [-0.1, -0.05) is 30.3 Å². The van der Waals surface area contributed by atoms with Gasteiger partial charge in [-0.25, -0.2) is 9.98 Å². The first-order valence-electron chi connectivity index (χ1n) is 10.7. The Morgan fingerprint density at radius 3 is 2.87 bits per heavy atom. The van der Waals surface area contributed by atoms with Crippen LogP contribution in [-0.4, -0.2) is 61.9 Å². The number of hydrogen-bond acceptors (Lipinski definition) is 5. The average molecular weight is 423 g/mol. The molecular weight excluding hydrogens is 392 g/mol. The number of hydrogen-bond donors (Lipinski definition) is 2. The number of benzene rings is 1. The molecule has 0 bridgehead atoms. The second kappa shape index (κ2) is 9.74. The molecule has 164 valence electrons. The fraction of sp³-hybridized carbons (Fsp3) is 0.455. The zero-order valence-corrected chi connectivity index (χ0v) is 18.4. The molecule has 2 N–H and O–H groups in total. The van der Waals surface area contributed by atoms with E-state index in [0.29, 0.717) is 13.1 Å². The summed E-state index contributed by atoms with van der Waals surface area (Å²) in [6.07, 6.45) is 4.29. The van der Waals surface area contributed by atoms with Crippen LogP contribution in [0.2, 0.25) is 0 Å². The summed E-state index contributed by atoms with van der Waals surface area (Å²) in [7, 11) is 3.96. The quantitative estimate of drug-likeness (QED) is 0.448. The minimum atomic E-state index is 0.226. The van der Waals surface area contributed by atoms with Crippen molar-refractivity contribution in [3.63, 3.8) is 0 Å². The van der Waals surface area contributed by atoms with Gasteiger partial charge in [0, 0.05) is 27.2 Å². The highest BCUT2D eigenvalue weighted by Gasteiger charge is 2.18. The molecular formula is C22H30N8O. The van der Waals surface area contributed by atoms with Crippen molar-refractivity contribution in [3.8, 4) is 11.3 Å². The van der Waals surface area contributed by atoms with Gasteiger partial charge in [0.1, 0.15) is 18.2 Å². The minimum Gasteiger partial charge on any atom is -0.376 e. The molecule has 1 saturated heterocycles. The number of ether oxygens (including phenoxy) is 1. The molecule has 9 heteroatoms. The molecule has 1 unspecified atom stereocenters. The zero-order chi connectivity index (χ0) is 21.6. The molecule has 4 rings (SSSR count). The predicted molar refractivity (Wildman–Crippen MR) is 119 cm³/mol. The number of guanidine groups is 1. The highest BCUT2D eigenvalue weighted by molar-refractivity contribution is 5.79. The van der Waals surface area contributed by atoms with Crippen molar-refractivity contribution in [2.24, 2.45) is 12.0 Å². The van der Waals surface area contributed by atoms with E-state index in [2.05, 4.69) is 42.5 Å². The maximum absolute atomic E-state index is 5.76. The van der Waals surface area contributed by atoms with E-state index in [4.69, 9.17) is 9.73 Å². The average Bonchev–Trinajstić information content (AvgIpc) is 3.53. The predicted octanol–water partition coefficient (Wildman–Crippen LogP) is 2.27. The van der Waals surface area contributed by atoms with Crippen LogP contribution in [0.3, 0.4) is 0 Å². The van der Waals surface area contributed by atoms with E-state index in [-0.39, 0.29) is 6.10 Å². The maximum Gasteiger partial charge on any atom is 0.194 e. The number of aryl methyl sites for hydroxylation is 1. The van der Waals surface area contributed by atoms with Gasteiger partial charge >= 0.3 is 0 Å². The van der Waals surface area contributed by atoms with Crippen LogP contribution in [0.25, 0.3) is 11.3 Å². The topological polar surface area (TPSA) is 96.2 Å². The molecule has 1 atom stereocenters. The van der Waals surface area contributed by atoms with Crippen LogP contribution < -0.4 is 5.32 Å². The minimum absolute atomic E-state index is 0.226. The van der Waals surface area contributed by atoms with Gasteiger partial charge in [0.25, 0.3) is 0 Å². The van der Waals surface area contributed by atoms with E-state index in [1.54, 1.807) is 0 Å². The first-order chi connectivity index (χ1) is 15.1. The smallest absolute Gasteiger partial charge is 0.194 e. The van der Waals surface area contributed by atoms with Gasteiger partial charge in [0.05, 0.1) is 24.5 Å². The molecule has 1 fully saturated rings. The van der Waals surface area contributed by atoms with E-state index in [1.807, 2.05) is 50.0 Å². The molecule has 0 aliphatic carbocycles. The standard InChI is InChI=1S/C22H30N8O/c1-16-27-28-21(30(16)3)14-25-22(24-12-18-10-7-11-31-18)29(2)15-20-23-13-19(26-20)17-8-5-4-6-9-17/h4-6,8-9,13,18H,7,10-12,14-15H2,1-3H3,(H,23,26)(H,24,25). The van der Waals surface area contributed by atoms with Gasteiger partial charge in [-0.2, -0.15) is 0 Å². The van der Waals surface area contributed by atoms with E-state index < -0.39 is 0 Å². The Bertz CT molecular complexity index is 1000. The van der Waals surface area contributed by atoms with Gasteiger partial charge in [0.15, 0.2) is 11.8 Å². The highest BCUT2D eigenvalue weighted by Crippen LogP contribution is 2.16. The summed E-state index contributed by atoms with van der Waals surface area (Å²) in [6.45, 7) is 4.55. The van der Waals surface area contributed by atoms with E-state index in [0.717, 1.165) is 60.7 Å². The SMILES string of the molecule is Cc1nnc(CN=C(NCC2CCCO2)N(C)Cc2ncc(-c3ccccc3)[nH]2)n1C. The molecule has 31 heavy (non-hydrogen) atoms. The second-order valence-electron chi connectivity index (χ2n) is 7.84. The van der Waals surface area contributed by atoms with Crippen LogP contribution in [0.15, 0.2) is 41.5 Å². The molecule has 0 spiro atoms. The Hall–Kier alpha value is -3.20. The van der Waals surface area contributed by atoms with Crippen LogP contribution in [0.5, 0.6) is 0 Å². The number of imidazole rings is 1. The zero-order valence-electron chi connectivity index (χ0n) is 18.4. The molecule has 3 aromatic rings. The number of rotatable bonds is 7. The largest absolute Gasteiger partial charge is 0.376 e. The molecule has 0 amide bonds. The van der Waals surface area contributed by atoms with Gasteiger partial charge in [-0.3, -0.25) is 0 Å². The number of aromatic amines is 1. The van der Waals surface area contributed by atoms with Gasteiger partial charge in [0.2, 0.25) is 0 Å². The lowest BCUT2D eigenvalue weighted by molar-refractivity contribution is 0.113. The molecule has 0 saturated carbocycles. The fourth-order valence-electron chi connectivity index (χ4n) is 3.56. The molecule has 2 aromatic heterocycles. The molecule has 0 radical (unpaired) electrons. The number of nitrogens with one attached hydrogen (secondary N) is 2. The molecule has 1 aliphatic rings. The number of H-pyrrole nitrogens is 1. The molecule has 1 aliphatic heterocycles. The second-order valence-corrected chi connectivity index (χ2v) is 7.84. The van der Waals surface area contributed by atoms with E-state index >= 15 is 0 Å². The summed E-state index contributed by atoms with van der Waals surface area (Å²) in [5.41, 5.74) is 2.12. The van der Waals surface area contributed by atoms with Crippen molar-refractivity contribution in [3.05, 3.63) is 54.0 Å². The number of aliphatic imine (C=N–C) groups is 1. The van der Waals surface area contributed by atoms with Crippen molar-refractivity contribution in [2.75, 3.05) is 20.2 Å². The summed E-state index contributed by atoms with van der Waals surface area (Å²) in [5, 5.41) is 11.8. The van der Waals surface area contributed by atoms with Crippen LogP contribution in [0.1, 0.15) is 30.3 Å². The van der Waals surface area contributed by atoms with Crippen molar-refractivity contribution in [1.82, 2.24) is 34.9 Å². The summed E-state index contributed by atoms with van der Waals surface area (Å²) < 4.78 is 7.72. The lowest BCUT2D eigenvalue weighted by Crippen LogP contribution is -2.42. The van der Waals surface area contributed by atoms with Crippen LogP contribution in [0.4, 0.5) is 0 Å². The van der Waals surface area contributed by atoms with Crippen LogP contribution >= 0.6 is 0 Å². The van der Waals surface area contributed by atoms with Crippen molar-refractivity contribution in [1.29, 1.82) is 0 Å². The number of nitrogens with zero attached hydrogens (tertiary/aromatic N) is 6. The third-order valence-electron chi connectivity index (χ3n) is 5.53. The maximum atomic E-state index is 5.76. The van der Waals surface area contributed by atoms with E-state index in [1.165, 1.54) is 0 Å². The Balaban J connectivity index is 1.46. The normalized spacial score (nSPS) is 16.6. The Labute approximate surface area is 182 Å². The summed E-state index contributed by atoms with van der Waals surface area (Å²) in [6, 6.07) is 10.2. The molecule has 9 nitrogen and oxygen atoms in total. The van der Waals surface area contributed by atoms with Gasteiger partial charge in [-0.15, -0.1) is 10.2 Å². The first-order valence-corrected chi connectivity index (χ1v) is 10.7. The van der Waals surface area contributed by atoms with Crippen LogP contribution in [0, 0.1) is 6.92 Å². The lowest BCUT2D eigenvalue weighted by Gasteiger charge is -2.23. The summed E-state index contributed by atoms with van der Waals surface area (Å²) in [4.78, 5) is 14.8. The molecule has 3 heterocycles. The van der Waals surface area contributed by atoms with Gasteiger partial charge < -0.3 is 24.5 Å². The highest BCUT2D eigenvalue weighted by atomic mass is 16.5. The summed E-state index contributed by atoms with van der Waals surface area (Å²) >= 11 is 0. The number of aromatic nitrogens is 5. The lowest BCUT2D eigenvalue weighted by atomic mass is 10.2. The van der Waals surface area contributed by atoms with Crippen LogP contribution in [-0.2, 0) is 24.9 Å². The monoisotopic (exact) mass is 422 g/mol. The summed E-state index contributed by atoms with van der Waals surface area (Å²) in [5.74, 6) is 3.36. The van der Waals surface area contributed by atoms with E-state index in [9.17, 15) is 0 Å². The third kappa shape index (κ3) is 5.29.